The Morgan fingerprint density at radius 1 is 1.67 bits per heavy atom. The van der Waals surface area contributed by atoms with E-state index in [1.54, 1.807) is 11.3 Å². The fourth-order valence-corrected chi connectivity index (χ4v) is 3.86. The van der Waals surface area contributed by atoms with Gasteiger partial charge in [0.1, 0.15) is 0 Å². The molecule has 2 N–H and O–H groups in total. The number of piperidine rings is 1. The van der Waals surface area contributed by atoms with Crippen LogP contribution in [0.1, 0.15) is 31.1 Å². The first-order chi connectivity index (χ1) is 8.68. The molecule has 1 fully saturated rings. The molecule has 0 spiro atoms. The molecular weight excluding hydrogens is 312 g/mol. The lowest BCUT2D eigenvalue weighted by atomic mass is 9.77. The van der Waals surface area contributed by atoms with Gasteiger partial charge in [-0.15, -0.1) is 11.3 Å². The Hall–Kier alpha value is -0.390. The third-order valence-corrected chi connectivity index (χ3v) is 5.66. The van der Waals surface area contributed by atoms with Crippen molar-refractivity contribution in [3.8, 4) is 0 Å². The van der Waals surface area contributed by atoms with Crippen molar-refractivity contribution >= 4 is 33.2 Å². The summed E-state index contributed by atoms with van der Waals surface area (Å²) in [5.41, 5.74) is -0.206. The lowest BCUT2D eigenvalue weighted by Gasteiger charge is -2.35. The summed E-state index contributed by atoms with van der Waals surface area (Å²) in [5.74, 6) is 0.192. The van der Waals surface area contributed by atoms with E-state index in [2.05, 4.69) is 33.5 Å². The second kappa shape index (κ2) is 6.17. The van der Waals surface area contributed by atoms with Crippen LogP contribution in [0.25, 0.3) is 0 Å². The molecule has 1 aliphatic heterocycles. The van der Waals surface area contributed by atoms with Crippen molar-refractivity contribution in [2.24, 2.45) is 5.41 Å². The summed E-state index contributed by atoms with van der Waals surface area (Å²) < 4.78 is 1.08. The summed E-state index contributed by atoms with van der Waals surface area (Å²) in [4.78, 5) is 13.6. The zero-order valence-corrected chi connectivity index (χ0v) is 13.0. The number of nitrogens with one attached hydrogen (secondary N) is 2. The SMILES string of the molecule is CCC1(C(=O)NCc2sccc2Br)CCCNC1. The quantitative estimate of drug-likeness (QED) is 0.891. The van der Waals surface area contributed by atoms with E-state index < -0.39 is 0 Å². The van der Waals surface area contributed by atoms with Crippen LogP contribution in [0.5, 0.6) is 0 Å². The lowest BCUT2D eigenvalue weighted by molar-refractivity contribution is -0.132. The van der Waals surface area contributed by atoms with Gasteiger partial charge < -0.3 is 10.6 Å². The normalized spacial score (nSPS) is 23.9. The topological polar surface area (TPSA) is 41.1 Å². The molecule has 18 heavy (non-hydrogen) atoms. The number of thiophene rings is 1. The molecule has 1 atom stereocenters. The molecule has 0 aromatic carbocycles. The smallest absolute Gasteiger partial charge is 0.227 e. The van der Waals surface area contributed by atoms with E-state index in [9.17, 15) is 4.79 Å². The second-order valence-electron chi connectivity index (χ2n) is 4.79. The van der Waals surface area contributed by atoms with Crippen molar-refractivity contribution < 1.29 is 4.79 Å². The second-order valence-corrected chi connectivity index (χ2v) is 6.64. The van der Waals surface area contributed by atoms with Gasteiger partial charge in [0.05, 0.1) is 12.0 Å². The van der Waals surface area contributed by atoms with Crippen LogP contribution in [0.2, 0.25) is 0 Å². The highest BCUT2D eigenvalue weighted by molar-refractivity contribution is 9.10. The summed E-state index contributed by atoms with van der Waals surface area (Å²) in [5, 5.41) is 8.46. The molecular formula is C13H19BrN2OS. The van der Waals surface area contributed by atoms with Gasteiger partial charge in [0.25, 0.3) is 0 Å². The van der Waals surface area contributed by atoms with Crippen LogP contribution in [-0.4, -0.2) is 19.0 Å². The number of rotatable bonds is 4. The van der Waals surface area contributed by atoms with E-state index in [1.165, 1.54) is 4.88 Å². The van der Waals surface area contributed by atoms with Crippen LogP contribution < -0.4 is 10.6 Å². The first-order valence-electron chi connectivity index (χ1n) is 6.39. The maximum atomic E-state index is 12.4. The molecule has 3 nitrogen and oxygen atoms in total. The summed E-state index contributed by atoms with van der Waals surface area (Å²) in [6.45, 7) is 4.57. The van der Waals surface area contributed by atoms with Crippen molar-refractivity contribution in [2.75, 3.05) is 13.1 Å². The highest BCUT2D eigenvalue weighted by Gasteiger charge is 2.37. The minimum atomic E-state index is -0.206. The van der Waals surface area contributed by atoms with Crippen LogP contribution >= 0.6 is 27.3 Å². The molecule has 2 rings (SSSR count). The Morgan fingerprint density at radius 3 is 3.06 bits per heavy atom. The zero-order valence-electron chi connectivity index (χ0n) is 10.6. The molecule has 100 valence electrons. The first kappa shape index (κ1) is 14.0. The molecule has 1 amide bonds. The van der Waals surface area contributed by atoms with E-state index >= 15 is 0 Å². The highest BCUT2D eigenvalue weighted by atomic mass is 79.9. The summed E-state index contributed by atoms with van der Waals surface area (Å²) in [6.07, 6.45) is 2.98. The molecule has 1 unspecified atom stereocenters. The van der Waals surface area contributed by atoms with Gasteiger partial charge in [-0.3, -0.25) is 4.79 Å². The molecule has 0 bridgehead atoms. The maximum Gasteiger partial charge on any atom is 0.227 e. The van der Waals surface area contributed by atoms with Crippen LogP contribution in [0.3, 0.4) is 0 Å². The van der Waals surface area contributed by atoms with Gasteiger partial charge in [0.2, 0.25) is 5.91 Å². The van der Waals surface area contributed by atoms with E-state index in [0.717, 1.165) is 36.8 Å². The van der Waals surface area contributed by atoms with Gasteiger partial charge in [-0.25, -0.2) is 0 Å². The van der Waals surface area contributed by atoms with Gasteiger partial charge in [0.15, 0.2) is 0 Å². The van der Waals surface area contributed by atoms with Crippen LogP contribution in [0.4, 0.5) is 0 Å². The fraction of sp³-hybridized carbons (Fsp3) is 0.615. The Morgan fingerprint density at radius 2 is 2.50 bits per heavy atom. The number of amides is 1. The molecule has 1 saturated heterocycles. The minimum absolute atomic E-state index is 0.192. The Labute approximate surface area is 120 Å². The Balaban J connectivity index is 1.96. The molecule has 2 heterocycles. The standard InChI is InChI=1S/C13H19BrN2OS/c1-2-13(5-3-6-15-9-13)12(17)16-8-11-10(14)4-7-18-11/h4,7,15H,2-3,5-6,8-9H2,1H3,(H,16,17). The molecule has 0 saturated carbocycles. The molecule has 1 aromatic heterocycles. The van der Waals surface area contributed by atoms with Crippen molar-refractivity contribution in [1.82, 2.24) is 10.6 Å². The predicted molar refractivity (Wildman–Crippen MR) is 78.7 cm³/mol. The van der Waals surface area contributed by atoms with Crippen molar-refractivity contribution in [2.45, 2.75) is 32.7 Å². The zero-order chi connectivity index (χ0) is 13.0. The predicted octanol–water partition coefficient (Wildman–Crippen LogP) is 2.91. The van der Waals surface area contributed by atoms with Crippen molar-refractivity contribution in [3.05, 3.63) is 20.8 Å². The van der Waals surface area contributed by atoms with E-state index in [1.807, 2.05) is 11.4 Å². The van der Waals surface area contributed by atoms with Gasteiger partial charge in [-0.1, -0.05) is 6.92 Å². The van der Waals surface area contributed by atoms with E-state index in [0.29, 0.717) is 6.54 Å². The fourth-order valence-electron chi connectivity index (χ4n) is 2.42. The number of hydrogen-bond donors (Lipinski definition) is 2. The molecule has 1 aliphatic rings. The number of carbonyl (C=O) groups is 1. The van der Waals surface area contributed by atoms with Gasteiger partial charge in [-0.05, 0) is 53.2 Å². The molecule has 0 radical (unpaired) electrons. The number of carbonyl (C=O) groups excluding carboxylic acids is 1. The van der Waals surface area contributed by atoms with Crippen molar-refractivity contribution in [1.29, 1.82) is 0 Å². The Kier molecular flexibility index (Phi) is 4.81. The van der Waals surface area contributed by atoms with E-state index in [-0.39, 0.29) is 11.3 Å². The third kappa shape index (κ3) is 2.95. The lowest BCUT2D eigenvalue weighted by Crippen LogP contribution is -2.49. The molecule has 0 aliphatic carbocycles. The van der Waals surface area contributed by atoms with Crippen LogP contribution in [0, 0.1) is 5.41 Å². The highest BCUT2D eigenvalue weighted by Crippen LogP contribution is 2.30. The average Bonchev–Trinajstić information content (AvgIpc) is 2.82. The number of halogens is 1. The maximum absolute atomic E-state index is 12.4. The monoisotopic (exact) mass is 330 g/mol. The molecule has 1 aromatic rings. The summed E-state index contributed by atoms with van der Waals surface area (Å²) in [7, 11) is 0. The van der Waals surface area contributed by atoms with Gasteiger partial charge in [-0.2, -0.15) is 0 Å². The van der Waals surface area contributed by atoms with E-state index in [4.69, 9.17) is 0 Å². The van der Waals surface area contributed by atoms with Crippen LogP contribution in [0.15, 0.2) is 15.9 Å². The average molecular weight is 331 g/mol. The molecule has 5 heteroatoms. The summed E-state index contributed by atoms with van der Waals surface area (Å²) in [6, 6.07) is 2.02. The number of hydrogen-bond acceptors (Lipinski definition) is 3. The van der Waals surface area contributed by atoms with Gasteiger partial charge in [0, 0.05) is 15.9 Å². The third-order valence-electron chi connectivity index (χ3n) is 3.73. The van der Waals surface area contributed by atoms with Gasteiger partial charge >= 0.3 is 0 Å². The minimum Gasteiger partial charge on any atom is -0.351 e. The largest absolute Gasteiger partial charge is 0.351 e. The van der Waals surface area contributed by atoms with Crippen molar-refractivity contribution in [3.63, 3.8) is 0 Å². The Bertz CT molecular complexity index is 413. The van der Waals surface area contributed by atoms with Crippen LogP contribution in [-0.2, 0) is 11.3 Å². The first-order valence-corrected chi connectivity index (χ1v) is 8.06. The summed E-state index contributed by atoms with van der Waals surface area (Å²) >= 11 is 5.16.